The van der Waals surface area contributed by atoms with Gasteiger partial charge in [0.15, 0.2) is 0 Å². The van der Waals surface area contributed by atoms with Gasteiger partial charge in [0.25, 0.3) is 0 Å². The van der Waals surface area contributed by atoms with Crippen molar-refractivity contribution in [3.8, 4) is 5.75 Å². The van der Waals surface area contributed by atoms with E-state index in [9.17, 15) is 9.90 Å². The topological polar surface area (TPSA) is 53.4 Å². The molecule has 1 heterocycles. The zero-order valence-electron chi connectivity index (χ0n) is 11.0. The van der Waals surface area contributed by atoms with Gasteiger partial charge >= 0.3 is 0 Å². The van der Waals surface area contributed by atoms with Crippen LogP contribution < -0.4 is 4.90 Å². The minimum absolute atomic E-state index is 0.0626. The smallest absolute Gasteiger partial charge is 0.232 e. The van der Waals surface area contributed by atoms with Crippen molar-refractivity contribution in [2.75, 3.05) is 11.9 Å². The van der Waals surface area contributed by atoms with Crippen molar-refractivity contribution in [2.24, 2.45) is 0 Å². The largest absolute Gasteiger partial charge is 0.508 e. The zero-order chi connectivity index (χ0) is 13.8. The fraction of sp³-hybridized carbons (Fsp3) is 0.200. The first kappa shape index (κ1) is 13.1. The summed E-state index contributed by atoms with van der Waals surface area (Å²) < 4.78 is 0. The molecule has 1 amide bonds. The third-order valence-electron chi connectivity index (χ3n) is 3.03. The Hall–Kier alpha value is -2.36. The molecular weight excluding hydrogens is 240 g/mol. The number of aromatic nitrogens is 1. The van der Waals surface area contributed by atoms with Crippen LogP contribution in [0.5, 0.6) is 5.75 Å². The second-order valence-corrected chi connectivity index (χ2v) is 4.42. The maximum Gasteiger partial charge on any atom is 0.232 e. The first-order chi connectivity index (χ1) is 9.08. The van der Waals surface area contributed by atoms with E-state index in [0.717, 1.165) is 11.3 Å². The number of phenols is 1. The number of pyridine rings is 1. The first-order valence-electron chi connectivity index (χ1n) is 6.04. The van der Waals surface area contributed by atoms with Gasteiger partial charge in [-0.3, -0.25) is 9.78 Å². The molecule has 0 saturated heterocycles. The van der Waals surface area contributed by atoms with Crippen LogP contribution in [0.2, 0.25) is 0 Å². The maximum absolute atomic E-state index is 12.2. The standard InChI is InChI=1S/C15H16N2O2/c1-11-5-4-8-16-14(11)10-15(19)17(2)12-6-3-7-13(18)9-12/h3-9,18H,10H2,1-2H3. The van der Waals surface area contributed by atoms with Gasteiger partial charge in [-0.25, -0.2) is 0 Å². The fourth-order valence-electron chi connectivity index (χ4n) is 1.81. The molecule has 4 nitrogen and oxygen atoms in total. The van der Waals surface area contributed by atoms with Gasteiger partial charge in [-0.05, 0) is 30.7 Å². The SMILES string of the molecule is Cc1cccnc1CC(=O)N(C)c1cccc(O)c1. The molecule has 0 radical (unpaired) electrons. The molecular formula is C15H16N2O2. The number of aromatic hydroxyl groups is 1. The van der Waals surface area contributed by atoms with Crippen LogP contribution in [-0.2, 0) is 11.2 Å². The van der Waals surface area contributed by atoms with Crippen LogP contribution in [0.25, 0.3) is 0 Å². The van der Waals surface area contributed by atoms with E-state index in [0.29, 0.717) is 5.69 Å². The van der Waals surface area contributed by atoms with E-state index in [1.165, 1.54) is 4.90 Å². The van der Waals surface area contributed by atoms with Crippen LogP contribution >= 0.6 is 0 Å². The number of hydrogen-bond acceptors (Lipinski definition) is 3. The molecule has 0 spiro atoms. The molecule has 2 aromatic rings. The van der Waals surface area contributed by atoms with Crippen molar-refractivity contribution in [3.63, 3.8) is 0 Å². The second kappa shape index (κ2) is 5.52. The van der Waals surface area contributed by atoms with Gasteiger partial charge in [0, 0.05) is 25.0 Å². The van der Waals surface area contributed by atoms with Gasteiger partial charge < -0.3 is 10.0 Å². The maximum atomic E-state index is 12.2. The van der Waals surface area contributed by atoms with Gasteiger partial charge in [0.2, 0.25) is 5.91 Å². The molecule has 0 aliphatic heterocycles. The highest BCUT2D eigenvalue weighted by molar-refractivity contribution is 5.94. The van der Waals surface area contributed by atoms with E-state index in [2.05, 4.69) is 4.98 Å². The number of amides is 1. The molecule has 4 heteroatoms. The molecule has 1 aromatic carbocycles. The molecule has 98 valence electrons. The van der Waals surface area contributed by atoms with Crippen LogP contribution in [0.3, 0.4) is 0 Å². The summed E-state index contributed by atoms with van der Waals surface area (Å²) in [5, 5.41) is 9.43. The molecule has 0 aliphatic rings. The third kappa shape index (κ3) is 3.10. The Labute approximate surface area is 112 Å². The number of carbonyl (C=O) groups excluding carboxylic acids is 1. The Morgan fingerprint density at radius 2 is 2.11 bits per heavy atom. The van der Waals surface area contributed by atoms with Crippen LogP contribution in [0, 0.1) is 6.92 Å². The van der Waals surface area contributed by atoms with Crippen molar-refractivity contribution in [3.05, 3.63) is 53.9 Å². The predicted octanol–water partition coefficient (Wildman–Crippen LogP) is 2.30. The van der Waals surface area contributed by atoms with Crippen molar-refractivity contribution in [1.82, 2.24) is 4.98 Å². The highest BCUT2D eigenvalue weighted by Crippen LogP contribution is 2.19. The number of rotatable bonds is 3. The Bertz CT molecular complexity index is 596. The number of anilines is 1. The summed E-state index contributed by atoms with van der Waals surface area (Å²) in [5.41, 5.74) is 2.44. The number of aryl methyl sites for hydroxylation is 1. The van der Waals surface area contributed by atoms with Gasteiger partial charge in [-0.15, -0.1) is 0 Å². The molecule has 0 atom stereocenters. The zero-order valence-corrected chi connectivity index (χ0v) is 11.0. The average molecular weight is 256 g/mol. The van der Waals surface area contributed by atoms with Crippen molar-refractivity contribution >= 4 is 11.6 Å². The lowest BCUT2D eigenvalue weighted by atomic mass is 10.1. The van der Waals surface area contributed by atoms with E-state index < -0.39 is 0 Å². The van der Waals surface area contributed by atoms with E-state index in [4.69, 9.17) is 0 Å². The lowest BCUT2D eigenvalue weighted by molar-refractivity contribution is -0.117. The molecule has 0 aliphatic carbocycles. The molecule has 1 N–H and O–H groups in total. The normalized spacial score (nSPS) is 10.2. The number of phenolic OH excluding ortho intramolecular Hbond substituents is 1. The molecule has 0 bridgehead atoms. The van der Waals surface area contributed by atoms with E-state index in [1.807, 2.05) is 19.1 Å². The van der Waals surface area contributed by atoms with Crippen LogP contribution in [-0.4, -0.2) is 23.0 Å². The molecule has 0 saturated carbocycles. The van der Waals surface area contributed by atoms with Crippen LogP contribution in [0.15, 0.2) is 42.6 Å². The molecule has 0 fully saturated rings. The van der Waals surface area contributed by atoms with Crippen LogP contribution in [0.4, 0.5) is 5.69 Å². The van der Waals surface area contributed by atoms with Gasteiger partial charge in [0.1, 0.15) is 5.75 Å². The molecule has 2 rings (SSSR count). The Morgan fingerprint density at radius 3 is 2.79 bits per heavy atom. The summed E-state index contributed by atoms with van der Waals surface area (Å²) in [6, 6.07) is 10.4. The Balaban J connectivity index is 2.14. The minimum atomic E-state index is -0.0626. The van der Waals surface area contributed by atoms with Crippen molar-refractivity contribution < 1.29 is 9.90 Å². The fourth-order valence-corrected chi connectivity index (χ4v) is 1.81. The van der Waals surface area contributed by atoms with E-state index >= 15 is 0 Å². The summed E-state index contributed by atoms with van der Waals surface area (Å²) in [5.74, 6) is 0.0820. The molecule has 0 unspecified atom stereocenters. The van der Waals surface area contributed by atoms with Gasteiger partial charge in [0.05, 0.1) is 12.1 Å². The summed E-state index contributed by atoms with van der Waals surface area (Å²) in [6.07, 6.45) is 1.93. The second-order valence-electron chi connectivity index (χ2n) is 4.42. The molecule has 1 aromatic heterocycles. The average Bonchev–Trinajstić information content (AvgIpc) is 2.40. The van der Waals surface area contributed by atoms with Gasteiger partial charge in [-0.2, -0.15) is 0 Å². The molecule has 19 heavy (non-hydrogen) atoms. The number of nitrogens with zero attached hydrogens (tertiary/aromatic N) is 2. The first-order valence-corrected chi connectivity index (χ1v) is 6.04. The monoisotopic (exact) mass is 256 g/mol. The summed E-state index contributed by atoms with van der Waals surface area (Å²) >= 11 is 0. The number of hydrogen-bond donors (Lipinski definition) is 1. The summed E-state index contributed by atoms with van der Waals surface area (Å²) in [7, 11) is 1.69. The van der Waals surface area contributed by atoms with Crippen molar-refractivity contribution in [2.45, 2.75) is 13.3 Å². The lowest BCUT2D eigenvalue weighted by Crippen LogP contribution is -2.28. The Kier molecular flexibility index (Phi) is 3.80. The quantitative estimate of drug-likeness (QED) is 0.916. The number of carbonyl (C=O) groups is 1. The summed E-state index contributed by atoms with van der Waals surface area (Å²) in [6.45, 7) is 1.93. The highest BCUT2D eigenvalue weighted by Gasteiger charge is 2.13. The number of benzene rings is 1. The Morgan fingerprint density at radius 1 is 1.32 bits per heavy atom. The van der Waals surface area contributed by atoms with E-state index in [1.54, 1.807) is 37.5 Å². The summed E-state index contributed by atoms with van der Waals surface area (Å²) in [4.78, 5) is 17.9. The lowest BCUT2D eigenvalue weighted by Gasteiger charge is -2.17. The van der Waals surface area contributed by atoms with Crippen LogP contribution in [0.1, 0.15) is 11.3 Å². The third-order valence-corrected chi connectivity index (χ3v) is 3.03. The number of likely N-dealkylation sites (N-methyl/N-ethyl adjacent to an activating group) is 1. The highest BCUT2D eigenvalue weighted by atomic mass is 16.3. The van der Waals surface area contributed by atoms with Gasteiger partial charge in [-0.1, -0.05) is 12.1 Å². The van der Waals surface area contributed by atoms with E-state index in [-0.39, 0.29) is 18.1 Å². The van der Waals surface area contributed by atoms with Crippen molar-refractivity contribution in [1.29, 1.82) is 0 Å². The predicted molar refractivity (Wildman–Crippen MR) is 74.2 cm³/mol. The minimum Gasteiger partial charge on any atom is -0.508 e.